The zero-order chi connectivity index (χ0) is 14.2. The van der Waals surface area contributed by atoms with E-state index in [2.05, 4.69) is 15.6 Å². The lowest BCUT2D eigenvalue weighted by Crippen LogP contribution is -2.60. The molecule has 1 fully saturated rings. The van der Waals surface area contributed by atoms with Crippen LogP contribution in [0.4, 0.5) is 0 Å². The third-order valence-electron chi connectivity index (χ3n) is 3.41. The molecule has 19 heavy (non-hydrogen) atoms. The fourth-order valence-electron chi connectivity index (χ4n) is 1.84. The Kier molecular flexibility index (Phi) is 3.27. The third kappa shape index (κ3) is 2.43. The van der Waals surface area contributed by atoms with E-state index in [0.29, 0.717) is 13.1 Å². The SMILES string of the molecule is CNC(C)(C)C(=O)N1CC(n2cc(C(=O)O)nn2)C1. The van der Waals surface area contributed by atoms with Crippen LogP contribution in [0.25, 0.3) is 0 Å². The first kappa shape index (κ1) is 13.5. The van der Waals surface area contributed by atoms with Crippen LogP contribution in [-0.4, -0.2) is 62.6 Å². The summed E-state index contributed by atoms with van der Waals surface area (Å²) in [6, 6.07) is -0.00259. The molecule has 0 aliphatic carbocycles. The Bertz CT molecular complexity index is 504. The van der Waals surface area contributed by atoms with Crippen molar-refractivity contribution < 1.29 is 14.7 Å². The van der Waals surface area contributed by atoms with E-state index in [-0.39, 0.29) is 17.6 Å². The molecule has 0 aromatic carbocycles. The predicted octanol–water partition coefficient (Wildman–Crippen LogP) is -0.642. The van der Waals surface area contributed by atoms with Crippen LogP contribution in [0.3, 0.4) is 0 Å². The van der Waals surface area contributed by atoms with Gasteiger partial charge < -0.3 is 15.3 Å². The number of nitrogens with zero attached hydrogens (tertiary/aromatic N) is 4. The van der Waals surface area contributed by atoms with E-state index in [1.165, 1.54) is 10.9 Å². The van der Waals surface area contributed by atoms with Gasteiger partial charge in [0.2, 0.25) is 5.91 Å². The van der Waals surface area contributed by atoms with Gasteiger partial charge in [-0.2, -0.15) is 0 Å². The molecule has 0 bridgehead atoms. The van der Waals surface area contributed by atoms with Crippen LogP contribution in [-0.2, 0) is 4.79 Å². The van der Waals surface area contributed by atoms with E-state index < -0.39 is 11.5 Å². The molecule has 8 heteroatoms. The molecule has 0 radical (unpaired) electrons. The maximum Gasteiger partial charge on any atom is 0.358 e. The molecule has 0 unspecified atom stereocenters. The minimum Gasteiger partial charge on any atom is -0.476 e. The first-order valence-corrected chi connectivity index (χ1v) is 5.98. The summed E-state index contributed by atoms with van der Waals surface area (Å²) in [4.78, 5) is 24.5. The lowest BCUT2D eigenvalue weighted by Gasteiger charge is -2.42. The van der Waals surface area contributed by atoms with Crippen LogP contribution < -0.4 is 5.32 Å². The molecule has 2 N–H and O–H groups in total. The van der Waals surface area contributed by atoms with Gasteiger partial charge in [0.05, 0.1) is 17.8 Å². The molecule has 1 aromatic rings. The lowest BCUT2D eigenvalue weighted by molar-refractivity contribution is -0.143. The number of hydrogen-bond donors (Lipinski definition) is 2. The number of carboxylic acid groups (broad SMARTS) is 1. The van der Waals surface area contributed by atoms with Gasteiger partial charge in [0.15, 0.2) is 5.69 Å². The Morgan fingerprint density at radius 3 is 2.58 bits per heavy atom. The molecule has 0 atom stereocenters. The van der Waals surface area contributed by atoms with Crippen molar-refractivity contribution in [3.63, 3.8) is 0 Å². The van der Waals surface area contributed by atoms with Crippen LogP contribution in [0, 0.1) is 0 Å². The number of carbonyl (C=O) groups is 2. The summed E-state index contributed by atoms with van der Waals surface area (Å²) in [5, 5.41) is 19.0. The van der Waals surface area contributed by atoms with Crippen molar-refractivity contribution in [3.05, 3.63) is 11.9 Å². The van der Waals surface area contributed by atoms with Gasteiger partial charge in [0.1, 0.15) is 0 Å². The van der Waals surface area contributed by atoms with E-state index in [1.807, 2.05) is 13.8 Å². The van der Waals surface area contributed by atoms with E-state index >= 15 is 0 Å². The van der Waals surface area contributed by atoms with Gasteiger partial charge >= 0.3 is 5.97 Å². The molecule has 1 aliphatic rings. The summed E-state index contributed by atoms with van der Waals surface area (Å²) in [6.45, 7) is 4.68. The number of aromatic nitrogens is 3. The second kappa shape index (κ2) is 4.61. The van der Waals surface area contributed by atoms with E-state index in [0.717, 1.165) is 0 Å². The number of amides is 1. The molecular weight excluding hydrogens is 250 g/mol. The third-order valence-corrected chi connectivity index (χ3v) is 3.41. The van der Waals surface area contributed by atoms with Crippen molar-refractivity contribution in [2.45, 2.75) is 25.4 Å². The Hall–Kier alpha value is -1.96. The topological polar surface area (TPSA) is 100 Å². The number of likely N-dealkylation sites (tertiary alicyclic amines) is 1. The van der Waals surface area contributed by atoms with Crippen LogP contribution in [0.2, 0.25) is 0 Å². The highest BCUT2D eigenvalue weighted by atomic mass is 16.4. The molecule has 8 nitrogen and oxygen atoms in total. The number of aromatic carboxylic acids is 1. The quantitative estimate of drug-likeness (QED) is 0.752. The zero-order valence-electron chi connectivity index (χ0n) is 11.1. The average molecular weight is 267 g/mol. The number of carboxylic acids is 1. The first-order valence-electron chi connectivity index (χ1n) is 5.98. The maximum atomic E-state index is 12.1. The first-order chi connectivity index (χ1) is 8.85. The number of carbonyl (C=O) groups excluding carboxylic acids is 1. The predicted molar refractivity (Wildman–Crippen MR) is 65.7 cm³/mol. The van der Waals surface area contributed by atoms with Crippen molar-refractivity contribution in [2.75, 3.05) is 20.1 Å². The van der Waals surface area contributed by atoms with Crippen molar-refractivity contribution in [1.82, 2.24) is 25.2 Å². The fraction of sp³-hybridized carbons (Fsp3) is 0.636. The molecule has 0 spiro atoms. The molecule has 2 heterocycles. The minimum absolute atomic E-state index is 0.00259. The minimum atomic E-state index is -1.10. The number of rotatable bonds is 4. The molecule has 1 aromatic heterocycles. The van der Waals surface area contributed by atoms with Crippen LogP contribution in [0.1, 0.15) is 30.4 Å². The van der Waals surface area contributed by atoms with Crippen molar-refractivity contribution in [3.8, 4) is 0 Å². The zero-order valence-corrected chi connectivity index (χ0v) is 11.1. The van der Waals surface area contributed by atoms with Crippen molar-refractivity contribution in [1.29, 1.82) is 0 Å². The monoisotopic (exact) mass is 267 g/mol. The molecule has 104 valence electrons. The number of nitrogens with one attached hydrogen (secondary N) is 1. The number of hydrogen-bond acceptors (Lipinski definition) is 5. The van der Waals surface area contributed by atoms with E-state index in [1.54, 1.807) is 11.9 Å². The van der Waals surface area contributed by atoms with Gasteiger partial charge in [-0.15, -0.1) is 5.10 Å². The molecule has 2 rings (SSSR count). The van der Waals surface area contributed by atoms with Gasteiger partial charge in [-0.25, -0.2) is 9.48 Å². The molecule has 1 aliphatic heterocycles. The molecular formula is C11H17N5O3. The smallest absolute Gasteiger partial charge is 0.358 e. The van der Waals surface area contributed by atoms with Crippen molar-refractivity contribution >= 4 is 11.9 Å². The van der Waals surface area contributed by atoms with Gasteiger partial charge in [0.25, 0.3) is 0 Å². The molecule has 1 saturated heterocycles. The Morgan fingerprint density at radius 2 is 2.11 bits per heavy atom. The summed E-state index contributed by atoms with van der Waals surface area (Å²) in [5.74, 6) is -1.08. The lowest BCUT2D eigenvalue weighted by atomic mass is 9.99. The highest BCUT2D eigenvalue weighted by Crippen LogP contribution is 2.23. The molecule has 0 saturated carbocycles. The van der Waals surface area contributed by atoms with E-state index in [4.69, 9.17) is 5.11 Å². The largest absolute Gasteiger partial charge is 0.476 e. The average Bonchev–Trinajstić information content (AvgIpc) is 2.76. The van der Waals surface area contributed by atoms with Gasteiger partial charge in [-0.05, 0) is 20.9 Å². The highest BCUT2D eigenvalue weighted by molar-refractivity contribution is 5.86. The van der Waals surface area contributed by atoms with Crippen molar-refractivity contribution in [2.24, 2.45) is 0 Å². The maximum absolute atomic E-state index is 12.1. The second-order valence-corrected chi connectivity index (χ2v) is 5.13. The number of likely N-dealkylation sites (N-methyl/N-ethyl adjacent to an activating group) is 1. The Morgan fingerprint density at radius 1 is 1.47 bits per heavy atom. The normalized spacial score (nSPS) is 16.3. The Balaban J connectivity index is 1.96. The van der Waals surface area contributed by atoms with E-state index in [9.17, 15) is 9.59 Å². The van der Waals surface area contributed by atoms with Gasteiger partial charge in [0, 0.05) is 13.1 Å². The second-order valence-electron chi connectivity index (χ2n) is 5.13. The van der Waals surface area contributed by atoms with Crippen LogP contribution in [0.5, 0.6) is 0 Å². The summed E-state index contributed by atoms with van der Waals surface area (Å²) < 4.78 is 1.50. The highest BCUT2D eigenvalue weighted by Gasteiger charge is 2.39. The van der Waals surface area contributed by atoms with Gasteiger partial charge in [-0.3, -0.25) is 4.79 Å². The fourth-order valence-corrected chi connectivity index (χ4v) is 1.84. The molecule has 1 amide bonds. The summed E-state index contributed by atoms with van der Waals surface area (Å²) >= 11 is 0. The van der Waals surface area contributed by atoms with Gasteiger partial charge in [-0.1, -0.05) is 5.21 Å². The van der Waals surface area contributed by atoms with Crippen LogP contribution in [0.15, 0.2) is 6.20 Å². The Labute approximate surface area is 110 Å². The standard InChI is InChI=1S/C11H17N5O3/c1-11(2,12-3)10(19)15-4-7(5-15)16-6-8(9(17)18)13-14-16/h6-7,12H,4-5H2,1-3H3,(H,17,18). The van der Waals surface area contributed by atoms with Crippen LogP contribution >= 0.6 is 0 Å². The summed E-state index contributed by atoms with van der Waals surface area (Å²) in [7, 11) is 1.74. The summed E-state index contributed by atoms with van der Waals surface area (Å²) in [6.07, 6.45) is 1.39. The summed E-state index contributed by atoms with van der Waals surface area (Å²) in [5.41, 5.74) is -0.681.